The molecule has 2 aromatic rings. The molecule has 1 heterocycles. The Morgan fingerprint density at radius 1 is 1.25 bits per heavy atom. The molecule has 1 atom stereocenters. The molecule has 0 spiro atoms. The normalized spacial score (nSPS) is 12.4. The summed E-state index contributed by atoms with van der Waals surface area (Å²) < 4.78 is 7.56. The average molecular weight is 273 g/mol. The Labute approximate surface area is 120 Å². The minimum absolute atomic E-state index is 0.567. The van der Waals surface area contributed by atoms with Gasteiger partial charge in [0.15, 0.2) is 0 Å². The van der Waals surface area contributed by atoms with Gasteiger partial charge in [0.1, 0.15) is 11.4 Å². The molecule has 0 radical (unpaired) electrons. The standard InChI is InChI=1S/C16H23N3O/c1-5-11(3)12-7-9-13(10-8-12)20-16-15(17)14(6-2)18-19(16)4/h7-11H,5-6,17H2,1-4H3. The Balaban J connectivity index is 2.20. The van der Waals surface area contributed by atoms with Gasteiger partial charge in [-0.05, 0) is 36.5 Å². The van der Waals surface area contributed by atoms with Crippen LogP contribution in [0.25, 0.3) is 0 Å². The van der Waals surface area contributed by atoms with Gasteiger partial charge < -0.3 is 10.5 Å². The van der Waals surface area contributed by atoms with Crippen molar-refractivity contribution in [1.82, 2.24) is 9.78 Å². The predicted molar refractivity (Wildman–Crippen MR) is 82.2 cm³/mol. The van der Waals surface area contributed by atoms with Crippen LogP contribution in [0.1, 0.15) is 44.4 Å². The highest BCUT2D eigenvalue weighted by Gasteiger charge is 2.14. The third kappa shape index (κ3) is 2.79. The highest BCUT2D eigenvalue weighted by molar-refractivity contribution is 5.54. The van der Waals surface area contributed by atoms with Crippen molar-refractivity contribution in [3.8, 4) is 11.6 Å². The van der Waals surface area contributed by atoms with Crippen LogP contribution >= 0.6 is 0 Å². The number of aryl methyl sites for hydroxylation is 2. The minimum Gasteiger partial charge on any atom is -0.437 e. The van der Waals surface area contributed by atoms with Crippen molar-refractivity contribution in [3.05, 3.63) is 35.5 Å². The Kier molecular flexibility index (Phi) is 4.32. The van der Waals surface area contributed by atoms with Crippen molar-refractivity contribution < 1.29 is 4.74 Å². The van der Waals surface area contributed by atoms with E-state index < -0.39 is 0 Å². The summed E-state index contributed by atoms with van der Waals surface area (Å²) in [4.78, 5) is 0. The van der Waals surface area contributed by atoms with E-state index in [-0.39, 0.29) is 0 Å². The third-order valence-electron chi connectivity index (χ3n) is 3.72. The monoisotopic (exact) mass is 273 g/mol. The van der Waals surface area contributed by atoms with Crippen LogP contribution in [0, 0.1) is 0 Å². The van der Waals surface area contributed by atoms with E-state index >= 15 is 0 Å². The molecule has 0 saturated carbocycles. The van der Waals surface area contributed by atoms with Crippen LogP contribution in [0.3, 0.4) is 0 Å². The predicted octanol–water partition coefficient (Wildman–Crippen LogP) is 3.87. The van der Waals surface area contributed by atoms with Crippen molar-refractivity contribution in [1.29, 1.82) is 0 Å². The van der Waals surface area contributed by atoms with Crippen molar-refractivity contribution in [2.24, 2.45) is 7.05 Å². The fourth-order valence-electron chi connectivity index (χ4n) is 2.17. The van der Waals surface area contributed by atoms with E-state index in [0.29, 0.717) is 17.5 Å². The van der Waals surface area contributed by atoms with Gasteiger partial charge in [-0.1, -0.05) is 32.9 Å². The maximum Gasteiger partial charge on any atom is 0.241 e. The molecular formula is C16H23N3O. The quantitative estimate of drug-likeness (QED) is 0.899. The van der Waals surface area contributed by atoms with E-state index in [1.807, 2.05) is 26.1 Å². The summed E-state index contributed by atoms with van der Waals surface area (Å²) in [5.41, 5.74) is 8.88. The lowest BCUT2D eigenvalue weighted by atomic mass is 9.99. The van der Waals surface area contributed by atoms with Gasteiger partial charge in [-0.3, -0.25) is 0 Å². The van der Waals surface area contributed by atoms with Crippen molar-refractivity contribution in [2.45, 2.75) is 39.5 Å². The number of nitrogen functional groups attached to an aromatic ring is 1. The van der Waals surface area contributed by atoms with Gasteiger partial charge >= 0.3 is 0 Å². The topological polar surface area (TPSA) is 53.1 Å². The number of benzene rings is 1. The molecule has 108 valence electrons. The molecular weight excluding hydrogens is 250 g/mol. The molecule has 1 aromatic heterocycles. The number of rotatable bonds is 5. The van der Waals surface area contributed by atoms with Crippen LogP contribution in [0.15, 0.2) is 24.3 Å². The average Bonchev–Trinajstić information content (AvgIpc) is 2.74. The van der Waals surface area contributed by atoms with E-state index in [9.17, 15) is 0 Å². The Morgan fingerprint density at radius 3 is 2.40 bits per heavy atom. The summed E-state index contributed by atoms with van der Waals surface area (Å²) >= 11 is 0. The van der Waals surface area contributed by atoms with E-state index in [1.165, 1.54) is 5.56 Å². The largest absolute Gasteiger partial charge is 0.437 e. The molecule has 2 N–H and O–H groups in total. The molecule has 0 aliphatic rings. The summed E-state index contributed by atoms with van der Waals surface area (Å²) in [5, 5.41) is 4.35. The molecule has 20 heavy (non-hydrogen) atoms. The zero-order valence-electron chi connectivity index (χ0n) is 12.7. The number of nitrogens with zero attached hydrogens (tertiary/aromatic N) is 2. The summed E-state index contributed by atoms with van der Waals surface area (Å²) in [7, 11) is 1.85. The number of aromatic nitrogens is 2. The van der Waals surface area contributed by atoms with Crippen LogP contribution in [0.2, 0.25) is 0 Å². The third-order valence-corrected chi connectivity index (χ3v) is 3.72. The van der Waals surface area contributed by atoms with Gasteiger partial charge in [0.2, 0.25) is 5.88 Å². The first-order valence-corrected chi connectivity index (χ1v) is 7.15. The zero-order valence-corrected chi connectivity index (χ0v) is 12.7. The maximum atomic E-state index is 6.05. The lowest BCUT2D eigenvalue weighted by Gasteiger charge is -2.11. The molecule has 0 amide bonds. The number of hydrogen-bond acceptors (Lipinski definition) is 3. The molecule has 4 nitrogen and oxygen atoms in total. The Morgan fingerprint density at radius 2 is 1.90 bits per heavy atom. The Bertz CT molecular complexity index is 572. The summed E-state index contributed by atoms with van der Waals surface area (Å²) in [6.07, 6.45) is 1.94. The Hall–Kier alpha value is -1.97. The number of hydrogen-bond donors (Lipinski definition) is 1. The molecule has 1 aromatic carbocycles. The maximum absolute atomic E-state index is 6.05. The van der Waals surface area contributed by atoms with Crippen molar-refractivity contribution in [3.63, 3.8) is 0 Å². The van der Waals surface area contributed by atoms with E-state index in [1.54, 1.807) is 4.68 Å². The van der Waals surface area contributed by atoms with Gasteiger partial charge in [-0.25, -0.2) is 4.68 Å². The molecule has 0 aliphatic heterocycles. The molecule has 2 rings (SSSR count). The second-order valence-corrected chi connectivity index (χ2v) is 5.12. The van der Waals surface area contributed by atoms with Crippen molar-refractivity contribution in [2.75, 3.05) is 5.73 Å². The van der Waals surface area contributed by atoms with Gasteiger partial charge in [-0.2, -0.15) is 5.10 Å². The molecule has 0 aliphatic carbocycles. The van der Waals surface area contributed by atoms with Gasteiger partial charge in [-0.15, -0.1) is 0 Å². The first-order chi connectivity index (χ1) is 9.56. The second kappa shape index (κ2) is 5.99. The first-order valence-electron chi connectivity index (χ1n) is 7.15. The van der Waals surface area contributed by atoms with Gasteiger partial charge in [0.05, 0.1) is 5.69 Å². The van der Waals surface area contributed by atoms with Gasteiger partial charge in [0.25, 0.3) is 0 Å². The summed E-state index contributed by atoms with van der Waals surface area (Å²) in [6.45, 7) is 6.45. The van der Waals surface area contributed by atoms with Crippen LogP contribution in [0.4, 0.5) is 5.69 Å². The number of anilines is 1. The second-order valence-electron chi connectivity index (χ2n) is 5.12. The molecule has 0 bridgehead atoms. The zero-order chi connectivity index (χ0) is 14.7. The highest BCUT2D eigenvalue weighted by atomic mass is 16.5. The highest BCUT2D eigenvalue weighted by Crippen LogP contribution is 2.30. The van der Waals surface area contributed by atoms with E-state index in [4.69, 9.17) is 10.5 Å². The van der Waals surface area contributed by atoms with Crippen LogP contribution < -0.4 is 10.5 Å². The fraction of sp³-hybridized carbons (Fsp3) is 0.438. The van der Waals surface area contributed by atoms with Crippen molar-refractivity contribution >= 4 is 5.69 Å². The molecule has 0 saturated heterocycles. The lowest BCUT2D eigenvalue weighted by molar-refractivity contribution is 0.432. The first kappa shape index (κ1) is 14.4. The number of nitrogens with two attached hydrogens (primary N) is 1. The fourth-order valence-corrected chi connectivity index (χ4v) is 2.17. The smallest absolute Gasteiger partial charge is 0.241 e. The van der Waals surface area contributed by atoms with E-state index in [0.717, 1.165) is 24.3 Å². The summed E-state index contributed by atoms with van der Waals surface area (Å²) in [5.74, 6) is 1.96. The molecule has 1 unspecified atom stereocenters. The van der Waals surface area contributed by atoms with Crippen LogP contribution in [0.5, 0.6) is 11.6 Å². The summed E-state index contributed by atoms with van der Waals surface area (Å²) in [6, 6.07) is 8.19. The van der Waals surface area contributed by atoms with Gasteiger partial charge in [0, 0.05) is 7.05 Å². The number of ether oxygens (including phenoxy) is 1. The van der Waals surface area contributed by atoms with Crippen LogP contribution in [-0.4, -0.2) is 9.78 Å². The minimum atomic E-state index is 0.567. The van der Waals surface area contributed by atoms with E-state index in [2.05, 4.69) is 31.1 Å². The molecule has 0 fully saturated rings. The molecule has 4 heteroatoms. The SMILES string of the molecule is CCc1nn(C)c(Oc2ccc(C(C)CC)cc2)c1N. The van der Waals surface area contributed by atoms with Crippen LogP contribution in [-0.2, 0) is 13.5 Å². The lowest BCUT2D eigenvalue weighted by Crippen LogP contribution is -1.97.